The number of amides is 1. The molecule has 1 amide bonds. The van der Waals surface area contributed by atoms with Gasteiger partial charge in [-0.05, 0) is 24.3 Å². The van der Waals surface area contributed by atoms with E-state index < -0.39 is 24.1 Å². The van der Waals surface area contributed by atoms with Gasteiger partial charge in [-0.25, -0.2) is 4.79 Å². The largest absolute Gasteiger partial charge is 0.499 e. The maximum atomic E-state index is 12.5. The molecule has 19 heavy (non-hydrogen) atoms. The molecule has 0 unspecified atom stereocenters. The van der Waals surface area contributed by atoms with E-state index in [9.17, 15) is 26.7 Å². The zero-order valence-corrected chi connectivity index (χ0v) is 9.13. The monoisotopic (exact) mass is 284 g/mol. The molecule has 1 aromatic carbocycles. The first-order chi connectivity index (χ1) is 8.65. The molecule has 0 spiro atoms. The summed E-state index contributed by atoms with van der Waals surface area (Å²) in [6.45, 7) is 0. The van der Waals surface area contributed by atoms with Crippen LogP contribution in [0.15, 0.2) is 24.3 Å². The van der Waals surface area contributed by atoms with Crippen molar-refractivity contribution in [3.8, 4) is 5.75 Å². The molecule has 0 bridgehead atoms. The molecule has 0 fully saturated rings. The van der Waals surface area contributed by atoms with Crippen LogP contribution >= 0.6 is 0 Å². The predicted octanol–water partition coefficient (Wildman–Crippen LogP) is 3.56. The number of hydrogen-bond donors (Lipinski definition) is 1. The van der Waals surface area contributed by atoms with Crippen LogP contribution in [0.2, 0.25) is 0 Å². The fourth-order valence-corrected chi connectivity index (χ4v) is 0.966. The molecular formula is C10H7F5NO3. The molecule has 0 saturated carbocycles. The van der Waals surface area contributed by atoms with Crippen LogP contribution in [-0.4, -0.2) is 18.4 Å². The molecule has 0 aromatic heterocycles. The first-order valence-electron chi connectivity index (χ1n) is 4.62. The Morgan fingerprint density at radius 2 is 1.63 bits per heavy atom. The van der Waals surface area contributed by atoms with Gasteiger partial charge in [0.25, 0.3) is 0 Å². The Bertz CT molecular complexity index is 443. The summed E-state index contributed by atoms with van der Waals surface area (Å²) in [5, 5.41) is 2.12. The number of hydrogen-bond acceptors (Lipinski definition) is 3. The van der Waals surface area contributed by atoms with E-state index in [1.807, 2.05) is 0 Å². The van der Waals surface area contributed by atoms with E-state index in [1.54, 1.807) is 0 Å². The highest BCUT2D eigenvalue weighted by molar-refractivity contribution is 5.84. The van der Waals surface area contributed by atoms with Gasteiger partial charge >= 0.3 is 18.4 Å². The second-order valence-electron chi connectivity index (χ2n) is 3.20. The summed E-state index contributed by atoms with van der Waals surface area (Å²) in [7, 11) is 2.81. The van der Waals surface area contributed by atoms with E-state index in [-0.39, 0.29) is 5.69 Å². The van der Waals surface area contributed by atoms with Gasteiger partial charge in [0.1, 0.15) is 12.9 Å². The molecule has 1 N–H and O–H groups in total. The molecule has 0 aliphatic heterocycles. The highest BCUT2D eigenvalue weighted by Gasteiger charge is 2.61. The minimum absolute atomic E-state index is 0.108. The van der Waals surface area contributed by atoms with Crippen LogP contribution in [0.5, 0.6) is 5.75 Å². The number of rotatable bonds is 3. The van der Waals surface area contributed by atoms with Crippen molar-refractivity contribution in [1.29, 1.82) is 0 Å². The van der Waals surface area contributed by atoms with Crippen LogP contribution in [0.4, 0.5) is 32.4 Å². The lowest BCUT2D eigenvalue weighted by molar-refractivity contribution is -0.360. The maximum Gasteiger partial charge on any atom is 0.499 e. The SMILES string of the molecule is [CH2]OC(=O)Nc1ccc(OC(F)(F)C(F)(F)F)cc1. The average Bonchev–Trinajstić information content (AvgIpc) is 2.29. The van der Waals surface area contributed by atoms with Crippen molar-refractivity contribution in [2.75, 3.05) is 5.32 Å². The molecule has 1 rings (SSSR count). The molecular weight excluding hydrogens is 277 g/mol. The van der Waals surface area contributed by atoms with Crippen LogP contribution < -0.4 is 10.1 Å². The molecule has 105 valence electrons. The summed E-state index contributed by atoms with van der Waals surface area (Å²) in [6.07, 6.45) is -12.0. The van der Waals surface area contributed by atoms with E-state index in [1.165, 1.54) is 0 Å². The number of benzene rings is 1. The first kappa shape index (κ1) is 15.0. The summed E-state index contributed by atoms with van der Waals surface area (Å²) in [6, 6.07) is 3.77. The van der Waals surface area contributed by atoms with Crippen LogP contribution in [0.3, 0.4) is 0 Å². The lowest BCUT2D eigenvalue weighted by atomic mass is 10.3. The molecule has 9 heteroatoms. The van der Waals surface area contributed by atoms with Gasteiger partial charge in [-0.1, -0.05) is 0 Å². The van der Waals surface area contributed by atoms with E-state index in [0.29, 0.717) is 0 Å². The molecule has 0 saturated heterocycles. The van der Waals surface area contributed by atoms with Gasteiger partial charge < -0.3 is 9.47 Å². The predicted molar refractivity (Wildman–Crippen MR) is 53.5 cm³/mol. The van der Waals surface area contributed by atoms with Crippen LogP contribution in [-0.2, 0) is 4.74 Å². The Kier molecular flexibility index (Phi) is 4.17. The van der Waals surface area contributed by atoms with Crippen molar-refractivity contribution < 1.29 is 36.2 Å². The topological polar surface area (TPSA) is 47.6 Å². The van der Waals surface area contributed by atoms with E-state index in [4.69, 9.17) is 0 Å². The number of alkyl halides is 5. The summed E-state index contributed by atoms with van der Waals surface area (Å²) in [5.74, 6) is -0.712. The second-order valence-corrected chi connectivity index (χ2v) is 3.20. The average molecular weight is 284 g/mol. The summed E-state index contributed by atoms with van der Waals surface area (Å²) < 4.78 is 68.2. The Labute approximate surface area is 104 Å². The van der Waals surface area contributed by atoms with E-state index in [2.05, 4.69) is 21.9 Å². The quantitative estimate of drug-likeness (QED) is 0.863. The van der Waals surface area contributed by atoms with Crippen molar-refractivity contribution >= 4 is 11.8 Å². The number of nitrogens with one attached hydrogen (secondary N) is 1. The molecule has 0 atom stereocenters. The third kappa shape index (κ3) is 3.97. The normalized spacial score (nSPS) is 11.9. The van der Waals surface area contributed by atoms with Gasteiger partial charge in [0.2, 0.25) is 0 Å². The van der Waals surface area contributed by atoms with Crippen LogP contribution in [0.1, 0.15) is 0 Å². The van der Waals surface area contributed by atoms with Crippen molar-refractivity contribution in [2.45, 2.75) is 12.3 Å². The third-order valence-corrected chi connectivity index (χ3v) is 1.81. The molecule has 1 aromatic rings. The lowest BCUT2D eigenvalue weighted by Gasteiger charge is -2.20. The zero-order chi connectivity index (χ0) is 14.7. The van der Waals surface area contributed by atoms with Crippen molar-refractivity contribution in [3.63, 3.8) is 0 Å². The van der Waals surface area contributed by atoms with Crippen LogP contribution in [0.25, 0.3) is 0 Å². The van der Waals surface area contributed by atoms with E-state index >= 15 is 0 Å². The Balaban J connectivity index is 2.75. The number of carbonyl (C=O) groups excluding carboxylic acids is 1. The van der Waals surface area contributed by atoms with Gasteiger partial charge in [0.15, 0.2) is 0 Å². The lowest BCUT2D eigenvalue weighted by Crippen LogP contribution is -2.41. The highest BCUT2D eigenvalue weighted by atomic mass is 19.4. The van der Waals surface area contributed by atoms with Gasteiger partial charge in [-0.15, -0.1) is 0 Å². The smallest absolute Gasteiger partial charge is 0.446 e. The molecule has 0 aliphatic carbocycles. The van der Waals surface area contributed by atoms with E-state index in [0.717, 1.165) is 24.3 Å². The number of ether oxygens (including phenoxy) is 2. The van der Waals surface area contributed by atoms with Crippen molar-refractivity contribution in [3.05, 3.63) is 31.4 Å². The van der Waals surface area contributed by atoms with Crippen molar-refractivity contribution in [1.82, 2.24) is 0 Å². The number of anilines is 1. The molecule has 4 nitrogen and oxygen atoms in total. The fraction of sp³-hybridized carbons (Fsp3) is 0.200. The van der Waals surface area contributed by atoms with Gasteiger partial charge in [0, 0.05) is 5.69 Å². The van der Waals surface area contributed by atoms with Crippen LogP contribution in [0, 0.1) is 7.11 Å². The second kappa shape index (κ2) is 5.29. The van der Waals surface area contributed by atoms with Gasteiger partial charge in [-0.2, -0.15) is 22.0 Å². The summed E-state index contributed by atoms with van der Waals surface area (Å²) in [4.78, 5) is 10.7. The highest BCUT2D eigenvalue weighted by Crippen LogP contribution is 2.37. The third-order valence-electron chi connectivity index (χ3n) is 1.81. The van der Waals surface area contributed by atoms with Gasteiger partial charge in [0.05, 0.1) is 0 Å². The molecule has 0 heterocycles. The van der Waals surface area contributed by atoms with Crippen molar-refractivity contribution in [2.24, 2.45) is 0 Å². The Morgan fingerprint density at radius 1 is 1.11 bits per heavy atom. The minimum atomic E-state index is -5.82. The maximum absolute atomic E-state index is 12.5. The fourth-order valence-electron chi connectivity index (χ4n) is 0.966. The zero-order valence-electron chi connectivity index (χ0n) is 9.13. The first-order valence-corrected chi connectivity index (χ1v) is 4.62. The number of halogens is 5. The molecule has 1 radical (unpaired) electrons. The Hall–Kier alpha value is -2.06. The number of carbonyl (C=O) groups is 1. The molecule has 0 aliphatic rings. The van der Waals surface area contributed by atoms with Gasteiger partial charge in [-0.3, -0.25) is 5.32 Å². The summed E-state index contributed by atoms with van der Waals surface area (Å²) in [5.41, 5.74) is 0.108. The Morgan fingerprint density at radius 3 is 2.05 bits per heavy atom. The minimum Gasteiger partial charge on any atom is -0.446 e. The summed E-state index contributed by atoms with van der Waals surface area (Å²) >= 11 is 0. The standard InChI is InChI=1S/C10H7F5NO3/c1-18-8(17)16-6-2-4-7(5-3-6)19-10(14,15)9(11,12)13/h2-5H,1H2,(H,16,17).